The summed E-state index contributed by atoms with van der Waals surface area (Å²) in [5.41, 5.74) is 3.07. The number of carbonyl (C=O) groups is 2. The van der Waals surface area contributed by atoms with Gasteiger partial charge in [0.25, 0.3) is 0 Å². The third-order valence-corrected chi connectivity index (χ3v) is 5.59. The van der Waals surface area contributed by atoms with Crippen LogP contribution in [0.15, 0.2) is 53.0 Å². The molecule has 0 heterocycles. The fraction of sp³-hybridized carbons (Fsp3) is 0.333. The number of rotatable bonds is 6. The maximum absolute atomic E-state index is 12.3. The summed E-state index contributed by atoms with van der Waals surface area (Å²) in [5, 5.41) is 5.95. The Morgan fingerprint density at radius 3 is 2.31 bits per heavy atom. The van der Waals surface area contributed by atoms with Gasteiger partial charge in [0, 0.05) is 28.5 Å². The van der Waals surface area contributed by atoms with Gasteiger partial charge in [-0.3, -0.25) is 9.59 Å². The maximum Gasteiger partial charge on any atom is 0.227 e. The predicted octanol–water partition coefficient (Wildman–Crippen LogP) is 4.22. The molecule has 4 rings (SSSR count). The van der Waals surface area contributed by atoms with Crippen molar-refractivity contribution in [1.29, 1.82) is 0 Å². The molecule has 26 heavy (non-hydrogen) atoms. The van der Waals surface area contributed by atoms with Gasteiger partial charge in [-0.1, -0.05) is 40.2 Å². The molecule has 0 saturated heterocycles. The molecule has 2 aromatic carbocycles. The first-order chi connectivity index (χ1) is 12.6. The number of halogens is 1. The van der Waals surface area contributed by atoms with Gasteiger partial charge in [0.15, 0.2) is 0 Å². The van der Waals surface area contributed by atoms with Crippen molar-refractivity contribution in [1.82, 2.24) is 5.32 Å². The lowest BCUT2D eigenvalue weighted by Gasteiger charge is -2.08. The van der Waals surface area contributed by atoms with Gasteiger partial charge in [-0.2, -0.15) is 0 Å². The summed E-state index contributed by atoms with van der Waals surface area (Å²) in [6, 6.07) is 15.9. The molecular weight excluding hydrogens is 392 g/mol. The molecule has 2 amide bonds. The fourth-order valence-corrected chi connectivity index (χ4v) is 3.44. The maximum atomic E-state index is 12.3. The third kappa shape index (κ3) is 4.15. The summed E-state index contributed by atoms with van der Waals surface area (Å²) in [5.74, 6) is 0.838. The molecule has 134 valence electrons. The predicted molar refractivity (Wildman–Crippen MR) is 105 cm³/mol. The Labute approximate surface area is 161 Å². The van der Waals surface area contributed by atoms with E-state index in [2.05, 4.69) is 38.7 Å². The molecule has 2 N–H and O–H groups in total. The zero-order valence-electron chi connectivity index (χ0n) is 14.4. The van der Waals surface area contributed by atoms with Crippen LogP contribution >= 0.6 is 15.9 Å². The number of anilines is 1. The first kappa shape index (κ1) is 17.3. The largest absolute Gasteiger partial charge is 0.352 e. The molecule has 2 saturated carbocycles. The third-order valence-electron chi connectivity index (χ3n) is 5.06. The average Bonchev–Trinajstić information content (AvgIpc) is 3.54. The summed E-state index contributed by atoms with van der Waals surface area (Å²) in [7, 11) is 0. The summed E-state index contributed by atoms with van der Waals surface area (Å²) in [4.78, 5) is 24.1. The van der Waals surface area contributed by atoms with Crippen LogP contribution in [0.1, 0.15) is 36.3 Å². The van der Waals surface area contributed by atoms with Gasteiger partial charge in [-0.15, -0.1) is 0 Å². The molecule has 2 aromatic rings. The average molecular weight is 413 g/mol. The molecular formula is C21H21BrN2O2. The van der Waals surface area contributed by atoms with Crippen LogP contribution in [0.5, 0.6) is 0 Å². The molecule has 0 spiro atoms. The second-order valence-electron chi connectivity index (χ2n) is 7.18. The molecule has 2 fully saturated rings. The van der Waals surface area contributed by atoms with E-state index in [1.54, 1.807) is 0 Å². The van der Waals surface area contributed by atoms with Crippen LogP contribution in [-0.2, 0) is 16.1 Å². The van der Waals surface area contributed by atoms with Crippen LogP contribution < -0.4 is 10.6 Å². The Morgan fingerprint density at radius 2 is 1.65 bits per heavy atom. The second-order valence-corrected chi connectivity index (χ2v) is 8.09. The minimum Gasteiger partial charge on any atom is -0.352 e. The van der Waals surface area contributed by atoms with Crippen LogP contribution in [0.25, 0.3) is 0 Å². The monoisotopic (exact) mass is 412 g/mol. The van der Waals surface area contributed by atoms with E-state index in [-0.39, 0.29) is 23.7 Å². The van der Waals surface area contributed by atoms with Crippen molar-refractivity contribution >= 4 is 33.4 Å². The normalized spacial score (nSPS) is 21.1. The summed E-state index contributed by atoms with van der Waals surface area (Å²) in [6.07, 6.45) is 2.91. The second kappa shape index (κ2) is 7.23. The van der Waals surface area contributed by atoms with E-state index in [9.17, 15) is 9.59 Å². The van der Waals surface area contributed by atoms with Crippen molar-refractivity contribution in [3.8, 4) is 0 Å². The Kier molecular flexibility index (Phi) is 4.81. The molecule has 0 unspecified atom stereocenters. The minimum absolute atomic E-state index is 0.0771. The molecule has 4 nitrogen and oxygen atoms in total. The Hall–Kier alpha value is -2.14. The molecule has 0 radical (unpaired) electrons. The van der Waals surface area contributed by atoms with Crippen LogP contribution in [-0.4, -0.2) is 11.8 Å². The molecule has 0 aliphatic heterocycles. The SMILES string of the molecule is O=C(Nc1ccc(CNC(=O)[C@@H]2C[C@H]2c2ccc(Br)cc2)cc1)C1CC1. The van der Waals surface area contributed by atoms with Crippen LogP contribution in [0, 0.1) is 11.8 Å². The summed E-state index contributed by atoms with van der Waals surface area (Å²) in [6.45, 7) is 0.513. The molecule has 2 aliphatic rings. The van der Waals surface area contributed by atoms with Crippen molar-refractivity contribution in [3.05, 3.63) is 64.1 Å². The number of hydrogen-bond donors (Lipinski definition) is 2. The Bertz CT molecular complexity index is 813. The van der Waals surface area contributed by atoms with Gasteiger partial charge in [-0.05, 0) is 60.6 Å². The van der Waals surface area contributed by atoms with Gasteiger partial charge in [0.05, 0.1) is 0 Å². The van der Waals surface area contributed by atoms with Crippen molar-refractivity contribution in [3.63, 3.8) is 0 Å². The smallest absolute Gasteiger partial charge is 0.227 e. The quantitative estimate of drug-likeness (QED) is 0.745. The minimum atomic E-state index is 0.0771. The highest BCUT2D eigenvalue weighted by atomic mass is 79.9. The van der Waals surface area contributed by atoms with Crippen LogP contribution in [0.4, 0.5) is 5.69 Å². The zero-order chi connectivity index (χ0) is 18.1. The molecule has 2 aliphatic carbocycles. The topological polar surface area (TPSA) is 58.2 Å². The van der Waals surface area contributed by atoms with Gasteiger partial charge < -0.3 is 10.6 Å². The first-order valence-electron chi connectivity index (χ1n) is 9.03. The number of hydrogen-bond acceptors (Lipinski definition) is 2. The van der Waals surface area contributed by atoms with E-state index >= 15 is 0 Å². The van der Waals surface area contributed by atoms with Gasteiger partial charge in [-0.25, -0.2) is 0 Å². The number of benzene rings is 2. The molecule has 5 heteroatoms. The number of nitrogens with one attached hydrogen (secondary N) is 2. The highest BCUT2D eigenvalue weighted by molar-refractivity contribution is 9.10. The Morgan fingerprint density at radius 1 is 0.962 bits per heavy atom. The lowest BCUT2D eigenvalue weighted by atomic mass is 10.1. The molecule has 2 atom stereocenters. The van der Waals surface area contributed by atoms with Crippen molar-refractivity contribution < 1.29 is 9.59 Å². The van der Waals surface area contributed by atoms with E-state index in [1.807, 2.05) is 36.4 Å². The van der Waals surface area contributed by atoms with E-state index < -0.39 is 0 Å². The molecule has 0 aromatic heterocycles. The van der Waals surface area contributed by atoms with E-state index in [0.717, 1.165) is 35.0 Å². The Balaban J connectivity index is 1.25. The van der Waals surface area contributed by atoms with Gasteiger partial charge in [0.2, 0.25) is 11.8 Å². The van der Waals surface area contributed by atoms with E-state index in [1.165, 1.54) is 5.56 Å². The lowest BCUT2D eigenvalue weighted by Crippen LogP contribution is -2.24. The van der Waals surface area contributed by atoms with Crippen molar-refractivity contribution in [2.45, 2.75) is 31.7 Å². The van der Waals surface area contributed by atoms with Crippen LogP contribution in [0.3, 0.4) is 0 Å². The summed E-state index contributed by atoms with van der Waals surface area (Å²) < 4.78 is 1.06. The standard InChI is InChI=1S/C21H21BrN2O2/c22-16-7-5-14(6-8-16)18-11-19(18)21(26)23-12-13-1-9-17(10-2-13)24-20(25)15-3-4-15/h1-2,5-10,15,18-19H,3-4,11-12H2,(H,23,26)(H,24,25)/t18-,19+/m0/s1. The van der Waals surface area contributed by atoms with Gasteiger partial charge in [0.1, 0.15) is 0 Å². The van der Waals surface area contributed by atoms with E-state index in [4.69, 9.17) is 0 Å². The highest BCUT2D eigenvalue weighted by Gasteiger charge is 2.43. The summed E-state index contributed by atoms with van der Waals surface area (Å²) >= 11 is 3.44. The fourth-order valence-electron chi connectivity index (χ4n) is 3.18. The first-order valence-corrected chi connectivity index (χ1v) is 9.82. The van der Waals surface area contributed by atoms with Crippen molar-refractivity contribution in [2.24, 2.45) is 11.8 Å². The highest BCUT2D eigenvalue weighted by Crippen LogP contribution is 2.47. The number of carbonyl (C=O) groups excluding carboxylic acids is 2. The van der Waals surface area contributed by atoms with Crippen LogP contribution in [0.2, 0.25) is 0 Å². The van der Waals surface area contributed by atoms with Crippen molar-refractivity contribution in [2.75, 3.05) is 5.32 Å². The lowest BCUT2D eigenvalue weighted by molar-refractivity contribution is -0.122. The number of amides is 2. The van der Waals surface area contributed by atoms with Gasteiger partial charge >= 0.3 is 0 Å². The zero-order valence-corrected chi connectivity index (χ0v) is 16.0. The molecule has 0 bridgehead atoms. The van der Waals surface area contributed by atoms with E-state index in [0.29, 0.717) is 12.5 Å².